The minimum atomic E-state index is -0.316. The van der Waals surface area contributed by atoms with Gasteiger partial charge in [-0.05, 0) is 55.2 Å². The number of hydrogen-bond acceptors (Lipinski definition) is 3. The third-order valence-electron chi connectivity index (χ3n) is 4.98. The Hall–Kier alpha value is -2.76. The summed E-state index contributed by atoms with van der Waals surface area (Å²) in [6.45, 7) is 3.02. The van der Waals surface area contributed by atoms with Crippen molar-refractivity contribution in [2.45, 2.75) is 32.2 Å². The first-order chi connectivity index (χ1) is 13.0. The first-order valence-corrected chi connectivity index (χ1v) is 9.25. The summed E-state index contributed by atoms with van der Waals surface area (Å²) >= 11 is 0. The molecule has 27 heavy (non-hydrogen) atoms. The first kappa shape index (κ1) is 19.0. The number of hydrogen-bond donors (Lipinski definition) is 1. The van der Waals surface area contributed by atoms with Crippen LogP contribution >= 0.6 is 0 Å². The van der Waals surface area contributed by atoms with Gasteiger partial charge in [-0.3, -0.25) is 14.6 Å². The third kappa shape index (κ3) is 5.12. The van der Waals surface area contributed by atoms with E-state index < -0.39 is 0 Å². The molecule has 1 aliphatic rings. The van der Waals surface area contributed by atoms with Crippen molar-refractivity contribution in [1.29, 1.82) is 0 Å². The molecule has 1 N–H and O–H groups in total. The molecule has 2 atom stereocenters. The van der Waals surface area contributed by atoms with Gasteiger partial charge in [0.1, 0.15) is 5.82 Å². The zero-order valence-electron chi connectivity index (χ0n) is 15.4. The van der Waals surface area contributed by atoms with E-state index in [9.17, 15) is 14.0 Å². The number of piperidine rings is 1. The Balaban J connectivity index is 1.55. The third-order valence-corrected chi connectivity index (χ3v) is 4.98. The van der Waals surface area contributed by atoms with Gasteiger partial charge in [0.05, 0.1) is 18.4 Å². The summed E-state index contributed by atoms with van der Waals surface area (Å²) in [7, 11) is 0. The maximum atomic E-state index is 13.0. The lowest BCUT2D eigenvalue weighted by Gasteiger charge is -2.32. The van der Waals surface area contributed by atoms with E-state index >= 15 is 0 Å². The van der Waals surface area contributed by atoms with Crippen LogP contribution in [0.4, 0.5) is 4.39 Å². The van der Waals surface area contributed by atoms with Crippen LogP contribution < -0.4 is 5.32 Å². The van der Waals surface area contributed by atoms with Crippen molar-refractivity contribution in [1.82, 2.24) is 15.2 Å². The monoisotopic (exact) mass is 369 g/mol. The van der Waals surface area contributed by atoms with Crippen LogP contribution in [0.25, 0.3) is 0 Å². The molecule has 1 aromatic carbocycles. The second-order valence-corrected chi connectivity index (χ2v) is 6.99. The predicted octanol–water partition coefficient (Wildman–Crippen LogP) is 2.88. The molecular weight excluding hydrogens is 345 g/mol. The highest BCUT2D eigenvalue weighted by Crippen LogP contribution is 2.20. The number of pyridine rings is 1. The molecule has 1 fully saturated rings. The smallest absolute Gasteiger partial charge is 0.227 e. The van der Waals surface area contributed by atoms with Crippen LogP contribution in [0.2, 0.25) is 0 Å². The van der Waals surface area contributed by atoms with Crippen molar-refractivity contribution < 1.29 is 14.0 Å². The molecule has 0 bridgehead atoms. The van der Waals surface area contributed by atoms with Crippen LogP contribution in [0.1, 0.15) is 36.9 Å². The molecule has 1 aromatic heterocycles. The number of nitrogens with zero attached hydrogens (tertiary/aromatic N) is 2. The van der Waals surface area contributed by atoms with Crippen LogP contribution in [0, 0.1) is 11.7 Å². The van der Waals surface area contributed by atoms with E-state index in [0.717, 1.165) is 24.0 Å². The molecular formula is C21H24FN3O2. The zero-order chi connectivity index (χ0) is 19.2. The summed E-state index contributed by atoms with van der Waals surface area (Å²) in [6.07, 6.45) is 5.21. The number of rotatable bonds is 5. The van der Waals surface area contributed by atoms with Crippen LogP contribution in [0.3, 0.4) is 0 Å². The molecule has 5 nitrogen and oxygen atoms in total. The molecule has 1 aliphatic heterocycles. The van der Waals surface area contributed by atoms with Gasteiger partial charge in [-0.25, -0.2) is 4.39 Å². The summed E-state index contributed by atoms with van der Waals surface area (Å²) in [5, 5.41) is 3.03. The fourth-order valence-electron chi connectivity index (χ4n) is 3.37. The van der Waals surface area contributed by atoms with Gasteiger partial charge in [0.2, 0.25) is 11.8 Å². The molecule has 6 heteroatoms. The van der Waals surface area contributed by atoms with E-state index in [1.165, 1.54) is 12.1 Å². The number of nitrogens with one attached hydrogen (secondary N) is 1. The van der Waals surface area contributed by atoms with Gasteiger partial charge >= 0.3 is 0 Å². The maximum absolute atomic E-state index is 13.0. The Kier molecular flexibility index (Phi) is 6.16. The van der Waals surface area contributed by atoms with E-state index in [1.807, 2.05) is 19.1 Å². The fraction of sp³-hybridized carbons (Fsp3) is 0.381. The lowest BCUT2D eigenvalue weighted by Crippen LogP contribution is -2.46. The SMILES string of the molecule is C[C@H](NC(=O)[C@@H]1CCCN(C(=O)Cc2ccc(F)cc2)C1)c1ccncc1. The lowest BCUT2D eigenvalue weighted by molar-refractivity contribution is -0.135. The molecule has 0 unspecified atom stereocenters. The van der Waals surface area contributed by atoms with Crippen molar-refractivity contribution in [3.8, 4) is 0 Å². The molecule has 2 amide bonds. The van der Waals surface area contributed by atoms with Crippen molar-refractivity contribution in [2.75, 3.05) is 13.1 Å². The highest BCUT2D eigenvalue weighted by atomic mass is 19.1. The van der Waals surface area contributed by atoms with Crippen molar-refractivity contribution in [2.24, 2.45) is 5.92 Å². The second kappa shape index (κ2) is 8.75. The van der Waals surface area contributed by atoms with Gasteiger partial charge < -0.3 is 10.2 Å². The summed E-state index contributed by atoms with van der Waals surface area (Å²) in [6, 6.07) is 9.61. The van der Waals surface area contributed by atoms with E-state index in [-0.39, 0.29) is 36.0 Å². The Bertz CT molecular complexity index is 780. The van der Waals surface area contributed by atoms with Gasteiger partial charge in [0.25, 0.3) is 0 Å². The largest absolute Gasteiger partial charge is 0.349 e. The Morgan fingerprint density at radius 3 is 2.63 bits per heavy atom. The molecule has 2 heterocycles. The molecule has 3 rings (SSSR count). The van der Waals surface area contributed by atoms with Gasteiger partial charge in [0.15, 0.2) is 0 Å². The number of amides is 2. The van der Waals surface area contributed by atoms with Crippen LogP contribution in [0.5, 0.6) is 0 Å². The maximum Gasteiger partial charge on any atom is 0.227 e. The van der Waals surface area contributed by atoms with Crippen molar-refractivity contribution in [3.63, 3.8) is 0 Å². The van der Waals surface area contributed by atoms with E-state index in [0.29, 0.717) is 13.1 Å². The molecule has 1 saturated heterocycles. The number of benzene rings is 1. The normalized spacial score (nSPS) is 18.0. The number of halogens is 1. The number of aromatic nitrogens is 1. The molecule has 0 radical (unpaired) electrons. The summed E-state index contributed by atoms with van der Waals surface area (Å²) in [4.78, 5) is 30.9. The van der Waals surface area contributed by atoms with Crippen molar-refractivity contribution >= 4 is 11.8 Å². The van der Waals surface area contributed by atoms with Crippen LogP contribution in [0.15, 0.2) is 48.8 Å². The van der Waals surface area contributed by atoms with Crippen molar-refractivity contribution in [3.05, 3.63) is 65.7 Å². The number of carbonyl (C=O) groups excluding carboxylic acids is 2. The van der Waals surface area contributed by atoms with Gasteiger partial charge in [0, 0.05) is 25.5 Å². The lowest BCUT2D eigenvalue weighted by atomic mass is 9.95. The Labute approximate surface area is 158 Å². The highest BCUT2D eigenvalue weighted by Gasteiger charge is 2.29. The van der Waals surface area contributed by atoms with Gasteiger partial charge in [-0.1, -0.05) is 12.1 Å². The molecule has 0 aliphatic carbocycles. The first-order valence-electron chi connectivity index (χ1n) is 9.25. The molecule has 0 saturated carbocycles. The number of likely N-dealkylation sites (tertiary alicyclic amines) is 1. The highest BCUT2D eigenvalue weighted by molar-refractivity contribution is 5.82. The Morgan fingerprint density at radius 1 is 1.22 bits per heavy atom. The molecule has 0 spiro atoms. The Morgan fingerprint density at radius 2 is 1.93 bits per heavy atom. The standard InChI is InChI=1S/C21H24FN3O2/c1-15(17-8-10-23-11-9-17)24-21(27)18-3-2-12-25(14-18)20(26)13-16-4-6-19(22)7-5-16/h4-11,15,18H,2-3,12-14H2,1H3,(H,24,27)/t15-,18+/m0/s1. The second-order valence-electron chi connectivity index (χ2n) is 6.99. The number of carbonyl (C=O) groups is 2. The summed E-state index contributed by atoms with van der Waals surface area (Å²) < 4.78 is 13.0. The average molecular weight is 369 g/mol. The van der Waals surface area contributed by atoms with E-state index in [1.54, 1.807) is 29.4 Å². The topological polar surface area (TPSA) is 62.3 Å². The summed E-state index contributed by atoms with van der Waals surface area (Å²) in [5.41, 5.74) is 1.78. The van der Waals surface area contributed by atoms with Gasteiger partial charge in [-0.15, -0.1) is 0 Å². The zero-order valence-corrected chi connectivity index (χ0v) is 15.4. The molecule has 142 valence electrons. The summed E-state index contributed by atoms with van der Waals surface area (Å²) in [5.74, 6) is -0.579. The predicted molar refractivity (Wildman–Crippen MR) is 100 cm³/mol. The van der Waals surface area contributed by atoms with Gasteiger partial charge in [-0.2, -0.15) is 0 Å². The molecule has 2 aromatic rings. The van der Waals surface area contributed by atoms with E-state index in [4.69, 9.17) is 0 Å². The van der Waals surface area contributed by atoms with Crippen LogP contribution in [-0.4, -0.2) is 34.8 Å². The minimum Gasteiger partial charge on any atom is -0.349 e. The average Bonchev–Trinajstić information content (AvgIpc) is 2.70. The minimum absolute atomic E-state index is 0.0266. The van der Waals surface area contributed by atoms with E-state index in [2.05, 4.69) is 10.3 Å². The van der Waals surface area contributed by atoms with Crippen LogP contribution in [-0.2, 0) is 16.0 Å². The quantitative estimate of drug-likeness (QED) is 0.882. The fourth-order valence-corrected chi connectivity index (χ4v) is 3.37.